The van der Waals surface area contributed by atoms with Crippen molar-refractivity contribution >= 4 is 5.91 Å². The lowest BCUT2D eigenvalue weighted by molar-refractivity contribution is -0.125. The monoisotopic (exact) mass is 344 g/mol. The fraction of sp³-hybridized carbons (Fsp3) is 0.667. The van der Waals surface area contributed by atoms with Gasteiger partial charge in [0.25, 0.3) is 0 Å². The predicted molar refractivity (Wildman–Crippen MR) is 101 cm³/mol. The van der Waals surface area contributed by atoms with E-state index in [-0.39, 0.29) is 11.8 Å². The van der Waals surface area contributed by atoms with Gasteiger partial charge in [-0.3, -0.25) is 4.79 Å². The second-order valence-electron chi connectivity index (χ2n) is 8.03. The average molecular weight is 344 g/mol. The van der Waals surface area contributed by atoms with Crippen LogP contribution in [0.25, 0.3) is 0 Å². The van der Waals surface area contributed by atoms with Crippen molar-refractivity contribution in [3.8, 4) is 5.75 Å². The standard InChI is InChI=1S/C21H32N2O2/c1-13(2)23-14(3)11-19-20-15(9-10-22-21(19)24)5-6-16-12-17(25-4)7-8-18(16)20/h7-8,12-15,19-20,23H,5-6,9-11H2,1-4H3,(H,22,24). The molecule has 0 bridgehead atoms. The van der Waals surface area contributed by atoms with E-state index in [1.54, 1.807) is 7.11 Å². The fourth-order valence-electron chi connectivity index (χ4n) is 4.84. The molecular formula is C21H32N2O2. The minimum Gasteiger partial charge on any atom is -0.497 e. The van der Waals surface area contributed by atoms with Crippen LogP contribution in [0.2, 0.25) is 0 Å². The topological polar surface area (TPSA) is 50.4 Å². The number of benzene rings is 1. The van der Waals surface area contributed by atoms with Crippen LogP contribution in [0.1, 0.15) is 57.1 Å². The van der Waals surface area contributed by atoms with E-state index in [9.17, 15) is 4.79 Å². The molecule has 1 fully saturated rings. The predicted octanol–water partition coefficient (Wildman–Crippen LogP) is 3.25. The third-order valence-corrected chi connectivity index (χ3v) is 5.81. The highest BCUT2D eigenvalue weighted by molar-refractivity contribution is 5.80. The molecule has 138 valence electrons. The van der Waals surface area contributed by atoms with Gasteiger partial charge in [0.1, 0.15) is 5.75 Å². The molecule has 0 spiro atoms. The Labute approximate surface area is 151 Å². The number of methoxy groups -OCH3 is 1. The molecule has 25 heavy (non-hydrogen) atoms. The molecule has 0 radical (unpaired) electrons. The summed E-state index contributed by atoms with van der Waals surface area (Å²) in [5.74, 6) is 2.11. The highest BCUT2D eigenvalue weighted by atomic mass is 16.5. The molecule has 4 nitrogen and oxygen atoms in total. The van der Waals surface area contributed by atoms with Crippen molar-refractivity contribution in [3.63, 3.8) is 0 Å². The van der Waals surface area contributed by atoms with Gasteiger partial charge in [-0.25, -0.2) is 0 Å². The zero-order valence-electron chi connectivity index (χ0n) is 16.0. The van der Waals surface area contributed by atoms with Gasteiger partial charge in [-0.05, 0) is 67.7 Å². The Hall–Kier alpha value is -1.55. The van der Waals surface area contributed by atoms with Crippen LogP contribution in [0.3, 0.4) is 0 Å². The van der Waals surface area contributed by atoms with Crippen LogP contribution < -0.4 is 15.4 Å². The zero-order valence-corrected chi connectivity index (χ0v) is 16.0. The van der Waals surface area contributed by atoms with Crippen LogP contribution >= 0.6 is 0 Å². The summed E-state index contributed by atoms with van der Waals surface area (Å²) in [6, 6.07) is 7.19. The molecule has 0 saturated carbocycles. The lowest BCUT2D eigenvalue weighted by Crippen LogP contribution is -2.40. The van der Waals surface area contributed by atoms with E-state index in [2.05, 4.69) is 49.6 Å². The molecule has 1 saturated heterocycles. The smallest absolute Gasteiger partial charge is 0.223 e. The van der Waals surface area contributed by atoms with Crippen LogP contribution in [0, 0.1) is 11.8 Å². The molecule has 0 aromatic heterocycles. The molecule has 4 heteroatoms. The van der Waals surface area contributed by atoms with E-state index in [1.807, 2.05) is 0 Å². The lowest BCUT2D eigenvalue weighted by Gasteiger charge is -2.37. The van der Waals surface area contributed by atoms with Gasteiger partial charge in [0, 0.05) is 24.5 Å². The summed E-state index contributed by atoms with van der Waals surface area (Å²) >= 11 is 0. The summed E-state index contributed by atoms with van der Waals surface area (Å²) < 4.78 is 5.41. The summed E-state index contributed by atoms with van der Waals surface area (Å²) in [6.45, 7) is 7.34. The van der Waals surface area contributed by atoms with E-state index in [4.69, 9.17) is 4.74 Å². The highest BCUT2D eigenvalue weighted by Crippen LogP contribution is 2.46. The summed E-state index contributed by atoms with van der Waals surface area (Å²) in [6.07, 6.45) is 4.23. The Morgan fingerprint density at radius 2 is 2.08 bits per heavy atom. The molecule has 1 aliphatic heterocycles. The fourth-order valence-corrected chi connectivity index (χ4v) is 4.84. The van der Waals surface area contributed by atoms with Gasteiger partial charge >= 0.3 is 0 Å². The third-order valence-electron chi connectivity index (χ3n) is 5.81. The van der Waals surface area contributed by atoms with E-state index in [1.165, 1.54) is 17.5 Å². The Balaban J connectivity index is 1.92. The van der Waals surface area contributed by atoms with E-state index in [0.29, 0.717) is 23.9 Å². The van der Waals surface area contributed by atoms with Crippen LogP contribution in [0.5, 0.6) is 5.75 Å². The summed E-state index contributed by atoms with van der Waals surface area (Å²) in [5.41, 5.74) is 2.74. The number of amides is 1. The van der Waals surface area contributed by atoms with Crippen LogP contribution in [-0.4, -0.2) is 31.6 Å². The molecule has 1 aromatic carbocycles. The molecule has 1 amide bonds. The number of carbonyl (C=O) groups is 1. The molecule has 4 unspecified atom stereocenters. The van der Waals surface area contributed by atoms with E-state index >= 15 is 0 Å². The van der Waals surface area contributed by atoms with Crippen LogP contribution in [-0.2, 0) is 11.2 Å². The maximum absolute atomic E-state index is 12.9. The lowest BCUT2D eigenvalue weighted by atomic mass is 9.67. The van der Waals surface area contributed by atoms with Crippen LogP contribution in [0.15, 0.2) is 18.2 Å². The Morgan fingerprint density at radius 1 is 1.28 bits per heavy atom. The molecule has 1 aromatic rings. The normalized spacial score (nSPS) is 27.1. The van der Waals surface area contributed by atoms with E-state index in [0.717, 1.165) is 31.6 Å². The van der Waals surface area contributed by atoms with Gasteiger partial charge in [0.05, 0.1) is 7.11 Å². The van der Waals surface area contributed by atoms with Gasteiger partial charge in [-0.1, -0.05) is 19.9 Å². The zero-order chi connectivity index (χ0) is 18.0. The molecule has 2 N–H and O–H groups in total. The first-order valence-electron chi connectivity index (χ1n) is 9.70. The molecule has 2 aliphatic rings. The maximum Gasteiger partial charge on any atom is 0.223 e. The minimum atomic E-state index is 0.0428. The van der Waals surface area contributed by atoms with Gasteiger partial charge in [-0.2, -0.15) is 0 Å². The average Bonchev–Trinajstić information content (AvgIpc) is 2.73. The molecule has 4 atom stereocenters. The SMILES string of the molecule is COc1ccc2c(c1)CCC1CCNC(=O)C(CC(C)NC(C)C)C21. The van der Waals surface area contributed by atoms with Gasteiger partial charge < -0.3 is 15.4 Å². The Kier molecular flexibility index (Phi) is 5.67. The van der Waals surface area contributed by atoms with Crippen molar-refractivity contribution in [2.45, 2.75) is 64.5 Å². The van der Waals surface area contributed by atoms with Gasteiger partial charge in [0.2, 0.25) is 5.91 Å². The van der Waals surface area contributed by atoms with Crippen molar-refractivity contribution in [3.05, 3.63) is 29.3 Å². The van der Waals surface area contributed by atoms with Crippen molar-refractivity contribution < 1.29 is 9.53 Å². The molecule has 3 rings (SSSR count). The number of aryl methyl sites for hydroxylation is 1. The van der Waals surface area contributed by atoms with Gasteiger partial charge in [0.15, 0.2) is 0 Å². The Bertz CT molecular complexity index is 614. The first-order chi connectivity index (χ1) is 12.0. The number of fused-ring (bicyclic) bond motifs is 3. The number of carbonyl (C=O) groups excluding carboxylic acids is 1. The number of rotatable bonds is 5. The number of ether oxygens (including phenoxy) is 1. The largest absolute Gasteiger partial charge is 0.497 e. The van der Waals surface area contributed by atoms with E-state index < -0.39 is 0 Å². The summed E-state index contributed by atoms with van der Waals surface area (Å²) in [7, 11) is 1.72. The van der Waals surface area contributed by atoms with Crippen LogP contribution in [0.4, 0.5) is 0 Å². The van der Waals surface area contributed by atoms with Crippen molar-refractivity contribution in [2.24, 2.45) is 11.8 Å². The quantitative estimate of drug-likeness (QED) is 0.862. The number of hydrogen-bond donors (Lipinski definition) is 2. The first kappa shape index (κ1) is 18.2. The molecule has 1 aliphatic carbocycles. The van der Waals surface area contributed by atoms with Gasteiger partial charge in [-0.15, -0.1) is 0 Å². The second-order valence-corrected chi connectivity index (χ2v) is 8.03. The number of nitrogens with one attached hydrogen (secondary N) is 2. The molecule has 1 heterocycles. The molecular weight excluding hydrogens is 312 g/mol. The van der Waals surface area contributed by atoms with Crippen molar-refractivity contribution in [2.75, 3.05) is 13.7 Å². The highest BCUT2D eigenvalue weighted by Gasteiger charge is 2.41. The number of hydrogen-bond acceptors (Lipinski definition) is 3. The second kappa shape index (κ2) is 7.77. The maximum atomic E-state index is 12.9. The van der Waals surface area contributed by atoms with Crippen molar-refractivity contribution in [1.29, 1.82) is 0 Å². The van der Waals surface area contributed by atoms with Crippen molar-refractivity contribution in [1.82, 2.24) is 10.6 Å². The third kappa shape index (κ3) is 4.00. The Morgan fingerprint density at radius 3 is 2.80 bits per heavy atom. The summed E-state index contributed by atoms with van der Waals surface area (Å²) in [4.78, 5) is 12.9. The summed E-state index contributed by atoms with van der Waals surface area (Å²) in [5, 5.41) is 6.74. The minimum absolute atomic E-state index is 0.0428. The first-order valence-corrected chi connectivity index (χ1v) is 9.70.